The fraction of sp³-hybridized carbons (Fsp3) is 0.400. The number of hydrogen-bond acceptors (Lipinski definition) is 3. The summed E-state index contributed by atoms with van der Waals surface area (Å²) in [5.41, 5.74) is 1.18. The lowest BCUT2D eigenvalue weighted by atomic mass is 9.96. The maximum Gasteiger partial charge on any atom is 0.370 e. The van der Waals surface area contributed by atoms with Gasteiger partial charge in [-0.15, -0.1) is 0 Å². The molecule has 1 aliphatic rings. The van der Waals surface area contributed by atoms with Crippen molar-refractivity contribution in [3.05, 3.63) is 47.7 Å². The summed E-state index contributed by atoms with van der Waals surface area (Å²) in [5.74, 6) is -1.52. The van der Waals surface area contributed by atoms with Gasteiger partial charge in [0.1, 0.15) is 6.10 Å². The Morgan fingerprint density at radius 2 is 2.05 bits per heavy atom. The molecule has 1 heterocycles. The third kappa shape index (κ3) is 3.58. The molecular weight excluding hydrogens is 244 g/mol. The van der Waals surface area contributed by atoms with Gasteiger partial charge in [0, 0.05) is 0 Å². The van der Waals surface area contributed by atoms with Crippen LogP contribution in [-0.2, 0) is 9.53 Å². The number of carbonyl (C=O) groups is 1. The number of carboxylic acid groups (broad SMARTS) is 1. The maximum atomic E-state index is 10.4. The molecule has 2 unspecified atom stereocenters. The van der Waals surface area contributed by atoms with Crippen molar-refractivity contribution in [2.45, 2.75) is 32.0 Å². The van der Waals surface area contributed by atoms with Crippen LogP contribution in [0, 0.1) is 5.92 Å². The van der Waals surface area contributed by atoms with Crippen molar-refractivity contribution in [3.8, 4) is 0 Å². The summed E-state index contributed by atoms with van der Waals surface area (Å²) in [4.78, 5) is 10.4. The molecule has 0 radical (unpaired) electrons. The monoisotopic (exact) mass is 262 g/mol. The zero-order valence-electron chi connectivity index (χ0n) is 10.8. The first-order chi connectivity index (χ1) is 9.09. The zero-order valence-corrected chi connectivity index (χ0v) is 10.8. The lowest BCUT2D eigenvalue weighted by Gasteiger charge is -2.06. The number of carboxylic acids is 1. The van der Waals surface area contributed by atoms with Gasteiger partial charge in [0.15, 0.2) is 5.76 Å². The third-order valence-electron chi connectivity index (χ3n) is 3.39. The third-order valence-corrected chi connectivity index (χ3v) is 3.39. The molecular formula is C15H18O4. The minimum Gasteiger partial charge on any atom is -0.502 e. The zero-order chi connectivity index (χ0) is 13.8. The molecule has 0 spiro atoms. The normalized spacial score (nSPS) is 23.9. The number of rotatable bonds is 6. The molecule has 0 bridgehead atoms. The summed E-state index contributed by atoms with van der Waals surface area (Å²) < 4.78 is 5.67. The minimum absolute atomic E-state index is 0.160. The van der Waals surface area contributed by atoms with Gasteiger partial charge in [0.05, 0.1) is 6.10 Å². The van der Waals surface area contributed by atoms with E-state index in [2.05, 4.69) is 6.92 Å². The molecule has 1 aliphatic heterocycles. The highest BCUT2D eigenvalue weighted by Gasteiger charge is 2.43. The Morgan fingerprint density at radius 3 is 2.68 bits per heavy atom. The lowest BCUT2D eigenvalue weighted by Crippen LogP contribution is -2.05. The van der Waals surface area contributed by atoms with Crippen LogP contribution in [0.3, 0.4) is 0 Å². The van der Waals surface area contributed by atoms with E-state index in [0.717, 1.165) is 6.42 Å². The van der Waals surface area contributed by atoms with E-state index in [1.807, 2.05) is 30.3 Å². The summed E-state index contributed by atoms with van der Waals surface area (Å²) >= 11 is 0. The second kappa shape index (κ2) is 5.89. The van der Waals surface area contributed by atoms with E-state index in [9.17, 15) is 4.79 Å². The van der Waals surface area contributed by atoms with Gasteiger partial charge in [-0.05, 0) is 30.4 Å². The Balaban J connectivity index is 1.79. The fourth-order valence-corrected chi connectivity index (χ4v) is 2.20. The summed E-state index contributed by atoms with van der Waals surface area (Å²) in [6.45, 7) is 2.08. The van der Waals surface area contributed by atoms with E-state index >= 15 is 0 Å². The van der Waals surface area contributed by atoms with Crippen LogP contribution in [0.25, 0.3) is 0 Å². The maximum absolute atomic E-state index is 10.4. The Labute approximate surface area is 112 Å². The van der Waals surface area contributed by atoms with Gasteiger partial charge >= 0.3 is 5.97 Å². The molecule has 1 aromatic rings. The largest absolute Gasteiger partial charge is 0.502 e. The predicted octanol–water partition coefficient (Wildman–Crippen LogP) is 3.07. The van der Waals surface area contributed by atoms with Crippen LogP contribution in [0.5, 0.6) is 0 Å². The van der Waals surface area contributed by atoms with Crippen LogP contribution >= 0.6 is 0 Å². The first-order valence-electron chi connectivity index (χ1n) is 6.42. The number of epoxide rings is 1. The van der Waals surface area contributed by atoms with Crippen LogP contribution in [-0.4, -0.2) is 22.3 Å². The van der Waals surface area contributed by atoms with Gasteiger partial charge in [-0.3, -0.25) is 0 Å². The number of hydrogen-bond donors (Lipinski definition) is 2. The van der Waals surface area contributed by atoms with Crippen LogP contribution in [0.2, 0.25) is 0 Å². The standard InChI is InChI=1S/C15H18O4/c1-10(6-5-9-12(16)15(17)18)13-14(19-13)11-7-3-2-4-8-11/h2-4,7-10,13-14,16H,5-6H2,1H3,(H,17,18)/t10?,13?,14-/m0/s1. The lowest BCUT2D eigenvalue weighted by molar-refractivity contribution is -0.135. The number of aliphatic carboxylic acids is 1. The molecule has 2 N–H and O–H groups in total. The number of allylic oxidation sites excluding steroid dienone is 1. The van der Waals surface area contributed by atoms with E-state index in [0.29, 0.717) is 12.3 Å². The van der Waals surface area contributed by atoms with Crippen molar-refractivity contribution in [2.24, 2.45) is 5.92 Å². The molecule has 0 aromatic heterocycles. The van der Waals surface area contributed by atoms with Crippen molar-refractivity contribution >= 4 is 5.97 Å². The van der Waals surface area contributed by atoms with Crippen molar-refractivity contribution in [3.63, 3.8) is 0 Å². The molecule has 0 amide bonds. The van der Waals surface area contributed by atoms with E-state index in [-0.39, 0.29) is 12.2 Å². The average molecular weight is 262 g/mol. The Morgan fingerprint density at radius 1 is 1.37 bits per heavy atom. The SMILES string of the molecule is CC(CCC=C(O)C(=O)O)C1O[C@H]1c1ccccc1. The molecule has 4 nitrogen and oxygen atoms in total. The van der Waals surface area contributed by atoms with Crippen molar-refractivity contribution < 1.29 is 19.7 Å². The summed E-state index contributed by atoms with van der Waals surface area (Å²) in [7, 11) is 0. The smallest absolute Gasteiger partial charge is 0.370 e. The summed E-state index contributed by atoms with van der Waals surface area (Å²) in [6.07, 6.45) is 3.04. The Hall–Kier alpha value is -1.81. The first-order valence-corrected chi connectivity index (χ1v) is 6.42. The van der Waals surface area contributed by atoms with E-state index in [4.69, 9.17) is 14.9 Å². The topological polar surface area (TPSA) is 70.1 Å². The molecule has 0 saturated carbocycles. The molecule has 1 fully saturated rings. The van der Waals surface area contributed by atoms with E-state index in [1.165, 1.54) is 11.6 Å². The molecule has 1 aromatic carbocycles. The molecule has 19 heavy (non-hydrogen) atoms. The molecule has 102 valence electrons. The minimum atomic E-state index is -1.28. The van der Waals surface area contributed by atoms with Gasteiger partial charge in [-0.25, -0.2) is 4.79 Å². The van der Waals surface area contributed by atoms with Gasteiger partial charge in [-0.1, -0.05) is 37.3 Å². The summed E-state index contributed by atoms with van der Waals surface area (Å²) in [5, 5.41) is 17.6. The second-order valence-corrected chi connectivity index (χ2v) is 4.88. The number of aliphatic hydroxyl groups excluding tert-OH is 1. The number of aliphatic hydroxyl groups is 1. The first kappa shape index (κ1) is 13.6. The predicted molar refractivity (Wildman–Crippen MR) is 70.8 cm³/mol. The fourth-order valence-electron chi connectivity index (χ4n) is 2.20. The van der Waals surface area contributed by atoms with Crippen LogP contribution < -0.4 is 0 Å². The second-order valence-electron chi connectivity index (χ2n) is 4.88. The van der Waals surface area contributed by atoms with Gasteiger partial charge < -0.3 is 14.9 Å². The van der Waals surface area contributed by atoms with Crippen molar-refractivity contribution in [2.75, 3.05) is 0 Å². The Bertz CT molecular complexity index is 466. The van der Waals surface area contributed by atoms with E-state index < -0.39 is 11.7 Å². The molecule has 1 saturated heterocycles. The molecule has 4 heteroatoms. The van der Waals surface area contributed by atoms with Crippen LogP contribution in [0.15, 0.2) is 42.2 Å². The van der Waals surface area contributed by atoms with Gasteiger partial charge in [0.2, 0.25) is 0 Å². The highest BCUT2D eigenvalue weighted by Crippen LogP contribution is 2.44. The summed E-state index contributed by atoms with van der Waals surface area (Å²) in [6, 6.07) is 10.1. The number of ether oxygens (including phenoxy) is 1. The van der Waals surface area contributed by atoms with Gasteiger partial charge in [0.25, 0.3) is 0 Å². The highest BCUT2D eigenvalue weighted by molar-refractivity contribution is 5.83. The molecule has 0 aliphatic carbocycles. The Kier molecular flexibility index (Phi) is 4.22. The highest BCUT2D eigenvalue weighted by atomic mass is 16.6. The van der Waals surface area contributed by atoms with E-state index in [1.54, 1.807) is 0 Å². The van der Waals surface area contributed by atoms with Gasteiger partial charge in [-0.2, -0.15) is 0 Å². The van der Waals surface area contributed by atoms with Crippen molar-refractivity contribution in [1.82, 2.24) is 0 Å². The van der Waals surface area contributed by atoms with Crippen LogP contribution in [0.4, 0.5) is 0 Å². The molecule has 2 rings (SSSR count). The number of benzene rings is 1. The van der Waals surface area contributed by atoms with Crippen LogP contribution in [0.1, 0.15) is 31.4 Å². The quantitative estimate of drug-likeness (QED) is 0.469. The average Bonchev–Trinajstić information content (AvgIpc) is 3.19. The van der Waals surface area contributed by atoms with Crippen molar-refractivity contribution in [1.29, 1.82) is 0 Å². The molecule has 3 atom stereocenters.